The van der Waals surface area contributed by atoms with Crippen LogP contribution in [0.3, 0.4) is 0 Å². The molecule has 0 unspecified atom stereocenters. The zero-order valence-electron chi connectivity index (χ0n) is 13.9. The number of aromatic nitrogens is 3. The lowest BCUT2D eigenvalue weighted by Gasteiger charge is -2.12. The topological polar surface area (TPSA) is 47.8 Å². The Morgan fingerprint density at radius 2 is 1.67 bits per heavy atom. The lowest BCUT2D eigenvalue weighted by molar-refractivity contribution is 0.817. The maximum atomic E-state index is 13.0. The van der Waals surface area contributed by atoms with Crippen molar-refractivity contribution in [2.24, 2.45) is 0 Å². The van der Waals surface area contributed by atoms with Gasteiger partial charge in [0, 0.05) is 15.8 Å². The third-order valence-electron chi connectivity index (χ3n) is 3.96. The predicted molar refractivity (Wildman–Crippen MR) is 114 cm³/mol. The maximum Gasteiger partial charge on any atom is 0.278 e. The molecule has 2 heterocycles. The lowest BCUT2D eigenvalue weighted by atomic mass is 10.2. The van der Waals surface area contributed by atoms with Crippen molar-refractivity contribution in [1.29, 1.82) is 0 Å². The van der Waals surface area contributed by atoms with Gasteiger partial charge in [0.05, 0.1) is 11.2 Å². The number of rotatable bonds is 5. The van der Waals surface area contributed by atoms with Gasteiger partial charge in [0.1, 0.15) is 4.70 Å². The first-order valence-corrected chi connectivity index (χ1v) is 10.7. The van der Waals surface area contributed by atoms with Crippen molar-refractivity contribution >= 4 is 56.6 Å². The summed E-state index contributed by atoms with van der Waals surface area (Å²) in [4.78, 5) is 21.8. The predicted octanol–water partition coefficient (Wildman–Crippen LogP) is 5.48. The van der Waals surface area contributed by atoms with Gasteiger partial charge >= 0.3 is 0 Å². The van der Waals surface area contributed by atoms with E-state index in [0.29, 0.717) is 20.5 Å². The van der Waals surface area contributed by atoms with Crippen LogP contribution in [0.25, 0.3) is 16.0 Å². The van der Waals surface area contributed by atoms with Crippen LogP contribution in [-0.4, -0.2) is 20.3 Å². The van der Waals surface area contributed by atoms with Gasteiger partial charge in [-0.15, -0.1) is 11.3 Å². The van der Waals surface area contributed by atoms with Gasteiger partial charge in [-0.2, -0.15) is 0 Å². The second-order valence-electron chi connectivity index (χ2n) is 5.74. The van der Waals surface area contributed by atoms with E-state index < -0.39 is 0 Å². The summed E-state index contributed by atoms with van der Waals surface area (Å²) in [5, 5.41) is 1.96. The van der Waals surface area contributed by atoms with E-state index in [1.54, 1.807) is 22.2 Å². The first-order valence-electron chi connectivity index (χ1n) is 8.11. The molecule has 0 saturated heterocycles. The number of thioether (sulfide) groups is 1. The molecule has 0 saturated carbocycles. The van der Waals surface area contributed by atoms with Gasteiger partial charge in [0.25, 0.3) is 5.56 Å². The first kappa shape index (κ1) is 18.5. The van der Waals surface area contributed by atoms with Crippen LogP contribution in [0.2, 0.25) is 10.0 Å². The molecule has 4 nitrogen and oxygen atoms in total. The quantitative estimate of drug-likeness (QED) is 0.308. The molecule has 0 atom stereocenters. The minimum absolute atomic E-state index is 0.112. The molecule has 0 amide bonds. The Balaban J connectivity index is 1.68. The second kappa shape index (κ2) is 8.02. The van der Waals surface area contributed by atoms with Crippen LogP contribution in [0.4, 0.5) is 0 Å². The van der Waals surface area contributed by atoms with Crippen molar-refractivity contribution in [3.63, 3.8) is 0 Å². The molecule has 0 fully saturated rings. The van der Waals surface area contributed by atoms with E-state index in [0.717, 1.165) is 22.9 Å². The molecule has 2 aromatic carbocycles. The molecule has 4 aromatic rings. The number of thiazole rings is 1. The number of hydrogen-bond donors (Lipinski definition) is 0. The van der Waals surface area contributed by atoms with Crippen LogP contribution in [0.5, 0.6) is 0 Å². The smallest absolute Gasteiger partial charge is 0.267 e. The second-order valence-corrected chi connectivity index (χ2v) is 8.53. The summed E-state index contributed by atoms with van der Waals surface area (Å²) in [5.41, 5.74) is 3.94. The van der Waals surface area contributed by atoms with Crippen molar-refractivity contribution in [1.82, 2.24) is 14.5 Å². The zero-order chi connectivity index (χ0) is 18.8. The first-order chi connectivity index (χ1) is 13.1. The Kier molecular flexibility index (Phi) is 5.50. The molecule has 0 aliphatic carbocycles. The Morgan fingerprint density at radius 1 is 1.00 bits per heavy atom. The van der Waals surface area contributed by atoms with E-state index >= 15 is 0 Å². The van der Waals surface area contributed by atoms with Gasteiger partial charge in [-0.3, -0.25) is 9.36 Å². The molecule has 0 radical (unpaired) electrons. The maximum absolute atomic E-state index is 13.0. The standard InChI is InChI=1S/C19H13Cl2N3OS2/c20-13-3-1-12(2-4-13)9-10-26-19-23-17-16(27-11-22-17)18(25)24(19)15-7-5-14(21)6-8-15/h1-8,11H,9-10H2. The molecule has 2 aromatic heterocycles. The SMILES string of the molecule is O=c1c2scnc2nc(SCCc2ccc(Cl)cc2)n1-c1ccc(Cl)cc1. The highest BCUT2D eigenvalue weighted by Gasteiger charge is 2.15. The summed E-state index contributed by atoms with van der Waals surface area (Å²) in [7, 11) is 0. The van der Waals surface area contributed by atoms with Crippen molar-refractivity contribution in [3.8, 4) is 5.69 Å². The van der Waals surface area contributed by atoms with Crippen LogP contribution < -0.4 is 5.56 Å². The summed E-state index contributed by atoms with van der Waals surface area (Å²) in [6.45, 7) is 0. The molecular formula is C19H13Cl2N3OS2. The van der Waals surface area contributed by atoms with Crippen LogP contribution in [0.15, 0.2) is 64.0 Å². The van der Waals surface area contributed by atoms with Crippen molar-refractivity contribution < 1.29 is 0 Å². The average Bonchev–Trinajstić information content (AvgIpc) is 3.14. The highest BCUT2D eigenvalue weighted by atomic mass is 35.5. The lowest BCUT2D eigenvalue weighted by Crippen LogP contribution is -2.21. The Bertz CT molecular complexity index is 1140. The molecule has 0 aliphatic rings. The van der Waals surface area contributed by atoms with Crippen molar-refractivity contribution in [2.75, 3.05) is 5.75 Å². The third-order valence-corrected chi connectivity index (χ3v) is 6.21. The minimum Gasteiger partial charge on any atom is -0.267 e. The zero-order valence-corrected chi connectivity index (χ0v) is 17.1. The molecule has 4 rings (SSSR count). The van der Waals surface area contributed by atoms with Gasteiger partial charge in [0.2, 0.25) is 0 Å². The van der Waals surface area contributed by atoms with Crippen LogP contribution in [0, 0.1) is 0 Å². The van der Waals surface area contributed by atoms with Crippen molar-refractivity contribution in [2.45, 2.75) is 11.6 Å². The molecule has 136 valence electrons. The van der Waals surface area contributed by atoms with Crippen LogP contribution in [0.1, 0.15) is 5.56 Å². The minimum atomic E-state index is -0.112. The summed E-state index contributed by atoms with van der Waals surface area (Å²) < 4.78 is 2.18. The van der Waals surface area contributed by atoms with E-state index in [1.807, 2.05) is 36.4 Å². The summed E-state index contributed by atoms with van der Waals surface area (Å²) in [6.07, 6.45) is 0.841. The summed E-state index contributed by atoms with van der Waals surface area (Å²) in [5.74, 6) is 0.775. The molecule has 0 aliphatic heterocycles. The normalized spacial score (nSPS) is 11.2. The molecule has 0 bridgehead atoms. The van der Waals surface area contributed by atoms with E-state index in [9.17, 15) is 4.79 Å². The number of nitrogens with zero attached hydrogens (tertiary/aromatic N) is 3. The Morgan fingerprint density at radius 3 is 2.37 bits per heavy atom. The third kappa shape index (κ3) is 4.04. The fraction of sp³-hybridized carbons (Fsp3) is 0.105. The largest absolute Gasteiger partial charge is 0.278 e. The van der Waals surface area contributed by atoms with Crippen LogP contribution in [-0.2, 0) is 6.42 Å². The number of halogens is 2. The van der Waals surface area contributed by atoms with Crippen molar-refractivity contribution in [3.05, 3.63) is 80.0 Å². The highest BCUT2D eigenvalue weighted by Crippen LogP contribution is 2.24. The molecular weight excluding hydrogens is 421 g/mol. The molecule has 8 heteroatoms. The van der Waals surface area contributed by atoms with Gasteiger partial charge in [-0.25, -0.2) is 9.97 Å². The van der Waals surface area contributed by atoms with E-state index in [-0.39, 0.29) is 5.56 Å². The molecule has 27 heavy (non-hydrogen) atoms. The average molecular weight is 434 g/mol. The van der Waals surface area contributed by atoms with Gasteiger partial charge in [-0.1, -0.05) is 47.1 Å². The number of fused-ring (bicyclic) bond motifs is 1. The fourth-order valence-corrected chi connectivity index (χ4v) is 4.52. The van der Waals surface area contributed by atoms with E-state index in [1.165, 1.54) is 28.7 Å². The molecule has 0 spiro atoms. The molecule has 0 N–H and O–H groups in total. The number of aryl methyl sites for hydroxylation is 1. The Labute approximate surface area is 173 Å². The Hall–Kier alpha value is -1.86. The van der Waals surface area contributed by atoms with E-state index in [2.05, 4.69) is 9.97 Å². The van der Waals surface area contributed by atoms with Crippen LogP contribution >= 0.6 is 46.3 Å². The van der Waals surface area contributed by atoms with Gasteiger partial charge < -0.3 is 0 Å². The van der Waals surface area contributed by atoms with Gasteiger partial charge in [0.15, 0.2) is 10.8 Å². The number of hydrogen-bond acceptors (Lipinski definition) is 5. The summed E-state index contributed by atoms with van der Waals surface area (Å²) in [6, 6.07) is 14.9. The number of benzene rings is 2. The van der Waals surface area contributed by atoms with E-state index in [4.69, 9.17) is 23.2 Å². The highest BCUT2D eigenvalue weighted by molar-refractivity contribution is 7.99. The van der Waals surface area contributed by atoms with Gasteiger partial charge in [-0.05, 0) is 48.4 Å². The fourth-order valence-electron chi connectivity index (χ4n) is 2.62. The summed E-state index contributed by atoms with van der Waals surface area (Å²) >= 11 is 14.8. The monoisotopic (exact) mass is 433 g/mol.